The van der Waals surface area contributed by atoms with Gasteiger partial charge in [-0.25, -0.2) is 0 Å². The minimum absolute atomic E-state index is 0. The Labute approximate surface area is 122 Å². The van der Waals surface area contributed by atoms with Crippen LogP contribution in [0.15, 0.2) is 18.2 Å². The van der Waals surface area contributed by atoms with Gasteiger partial charge in [-0.1, -0.05) is 29.3 Å². The van der Waals surface area contributed by atoms with Gasteiger partial charge in [0.05, 0.1) is 5.02 Å². The number of benzene rings is 1. The Morgan fingerprint density at radius 1 is 1.50 bits per heavy atom. The van der Waals surface area contributed by atoms with Crippen molar-refractivity contribution in [1.82, 2.24) is 5.32 Å². The van der Waals surface area contributed by atoms with Crippen molar-refractivity contribution in [1.29, 1.82) is 0 Å². The van der Waals surface area contributed by atoms with Crippen LogP contribution < -0.4 is 15.8 Å². The predicted molar refractivity (Wildman–Crippen MR) is 75.9 cm³/mol. The van der Waals surface area contributed by atoms with Gasteiger partial charge in [0.2, 0.25) is 0 Å². The van der Waals surface area contributed by atoms with Crippen molar-refractivity contribution < 1.29 is 9.53 Å². The molecule has 1 aromatic rings. The van der Waals surface area contributed by atoms with Crippen molar-refractivity contribution in [3.63, 3.8) is 0 Å². The summed E-state index contributed by atoms with van der Waals surface area (Å²) in [7, 11) is 0. The third-order valence-electron chi connectivity index (χ3n) is 2.03. The molecule has 0 fully saturated rings. The number of rotatable bonds is 5. The average molecular weight is 314 g/mol. The SMILES string of the molecule is CC(Oc1cccc(Cl)c1Cl)C(=O)NCCN.Cl. The number of carbonyl (C=O) groups is 1. The lowest BCUT2D eigenvalue weighted by molar-refractivity contribution is -0.127. The molecule has 0 saturated heterocycles. The van der Waals surface area contributed by atoms with E-state index in [9.17, 15) is 4.79 Å². The average Bonchev–Trinajstić information content (AvgIpc) is 2.31. The lowest BCUT2D eigenvalue weighted by Crippen LogP contribution is -2.38. The predicted octanol–water partition coefficient (Wildman–Crippen LogP) is 2.26. The summed E-state index contributed by atoms with van der Waals surface area (Å²) in [5, 5.41) is 3.31. The van der Waals surface area contributed by atoms with Crippen LogP contribution in [0.1, 0.15) is 6.92 Å². The molecule has 1 unspecified atom stereocenters. The maximum absolute atomic E-state index is 11.5. The van der Waals surface area contributed by atoms with Crippen molar-refractivity contribution in [3.05, 3.63) is 28.2 Å². The molecule has 7 heteroatoms. The minimum atomic E-state index is -0.655. The topological polar surface area (TPSA) is 64.3 Å². The summed E-state index contributed by atoms with van der Waals surface area (Å²) in [5.41, 5.74) is 5.28. The maximum Gasteiger partial charge on any atom is 0.260 e. The summed E-state index contributed by atoms with van der Waals surface area (Å²) in [6.07, 6.45) is -0.655. The lowest BCUT2D eigenvalue weighted by Gasteiger charge is -2.15. The van der Waals surface area contributed by atoms with E-state index in [0.717, 1.165) is 0 Å². The number of carbonyl (C=O) groups excluding carboxylic acids is 1. The monoisotopic (exact) mass is 312 g/mol. The largest absolute Gasteiger partial charge is 0.479 e. The molecule has 0 aliphatic heterocycles. The number of hydrogen-bond donors (Lipinski definition) is 2. The fourth-order valence-electron chi connectivity index (χ4n) is 1.16. The molecule has 0 saturated carbocycles. The van der Waals surface area contributed by atoms with Crippen molar-refractivity contribution >= 4 is 41.5 Å². The second-order valence-corrected chi connectivity index (χ2v) is 4.18. The summed E-state index contributed by atoms with van der Waals surface area (Å²) in [4.78, 5) is 11.5. The van der Waals surface area contributed by atoms with E-state index in [2.05, 4.69) is 5.32 Å². The Bertz CT molecular complexity index is 402. The molecule has 1 aromatic carbocycles. The highest BCUT2D eigenvalue weighted by molar-refractivity contribution is 6.42. The van der Waals surface area contributed by atoms with Crippen LogP contribution in [0.3, 0.4) is 0 Å². The fraction of sp³-hybridized carbons (Fsp3) is 0.364. The zero-order chi connectivity index (χ0) is 12.8. The quantitative estimate of drug-likeness (QED) is 0.876. The van der Waals surface area contributed by atoms with Crippen LogP contribution in [0.4, 0.5) is 0 Å². The van der Waals surface area contributed by atoms with Crippen molar-refractivity contribution in [3.8, 4) is 5.75 Å². The van der Waals surface area contributed by atoms with Crippen molar-refractivity contribution in [2.45, 2.75) is 13.0 Å². The molecule has 0 aromatic heterocycles. The molecule has 1 rings (SSSR count). The Morgan fingerprint density at radius 2 is 2.17 bits per heavy atom. The van der Waals surface area contributed by atoms with Crippen LogP contribution in [-0.2, 0) is 4.79 Å². The standard InChI is InChI=1S/C11H14Cl2N2O2.ClH/c1-7(11(16)15-6-5-14)17-9-4-2-3-8(12)10(9)13;/h2-4,7H,5-6,14H2,1H3,(H,15,16);1H. The molecule has 0 bridgehead atoms. The van der Waals surface area contributed by atoms with Crippen LogP contribution in [0.2, 0.25) is 10.0 Å². The van der Waals surface area contributed by atoms with Crippen molar-refractivity contribution in [2.24, 2.45) is 5.73 Å². The van der Waals surface area contributed by atoms with Gasteiger partial charge in [0.25, 0.3) is 5.91 Å². The first-order valence-electron chi connectivity index (χ1n) is 5.14. The Kier molecular flexibility index (Phi) is 8.11. The molecule has 4 nitrogen and oxygen atoms in total. The molecule has 0 aliphatic carbocycles. The summed E-state index contributed by atoms with van der Waals surface area (Å²) >= 11 is 11.8. The van der Waals surface area contributed by atoms with Gasteiger partial charge in [0.1, 0.15) is 10.8 Å². The minimum Gasteiger partial charge on any atom is -0.479 e. The first-order chi connectivity index (χ1) is 8.06. The van der Waals surface area contributed by atoms with Crippen LogP contribution >= 0.6 is 35.6 Å². The number of ether oxygens (including phenoxy) is 1. The van der Waals surface area contributed by atoms with Crippen LogP contribution in [0.25, 0.3) is 0 Å². The van der Waals surface area contributed by atoms with Gasteiger partial charge in [-0.2, -0.15) is 0 Å². The zero-order valence-electron chi connectivity index (χ0n) is 9.78. The third kappa shape index (κ3) is 4.90. The molecule has 0 heterocycles. The highest BCUT2D eigenvalue weighted by Gasteiger charge is 2.16. The number of halogens is 3. The molecule has 0 aliphatic rings. The number of nitrogens with two attached hydrogens (primary N) is 1. The van der Waals surface area contributed by atoms with E-state index in [4.69, 9.17) is 33.7 Å². The van der Waals surface area contributed by atoms with E-state index in [0.29, 0.717) is 28.9 Å². The molecular weight excluding hydrogens is 298 g/mol. The molecule has 0 spiro atoms. The first kappa shape index (κ1) is 17.3. The molecule has 1 atom stereocenters. The number of amides is 1. The molecule has 1 amide bonds. The summed E-state index contributed by atoms with van der Waals surface area (Å²) < 4.78 is 5.42. The van der Waals surface area contributed by atoms with E-state index >= 15 is 0 Å². The van der Waals surface area contributed by atoms with Gasteiger partial charge >= 0.3 is 0 Å². The van der Waals surface area contributed by atoms with E-state index in [-0.39, 0.29) is 18.3 Å². The second kappa shape index (κ2) is 8.43. The maximum atomic E-state index is 11.5. The van der Waals surface area contributed by atoms with Gasteiger partial charge < -0.3 is 15.8 Å². The van der Waals surface area contributed by atoms with Gasteiger partial charge in [-0.05, 0) is 19.1 Å². The first-order valence-corrected chi connectivity index (χ1v) is 5.90. The Balaban J connectivity index is 0.00000289. The molecule has 3 N–H and O–H groups in total. The summed E-state index contributed by atoms with van der Waals surface area (Å²) in [6, 6.07) is 5.00. The second-order valence-electron chi connectivity index (χ2n) is 3.39. The highest BCUT2D eigenvalue weighted by Crippen LogP contribution is 2.31. The van der Waals surface area contributed by atoms with Crippen LogP contribution in [-0.4, -0.2) is 25.1 Å². The van der Waals surface area contributed by atoms with Gasteiger partial charge in [0.15, 0.2) is 6.10 Å². The van der Waals surface area contributed by atoms with Gasteiger partial charge in [0, 0.05) is 13.1 Å². The fourth-order valence-corrected chi connectivity index (χ4v) is 1.49. The zero-order valence-corrected chi connectivity index (χ0v) is 12.1. The van der Waals surface area contributed by atoms with E-state index < -0.39 is 6.10 Å². The number of nitrogens with one attached hydrogen (secondary N) is 1. The Hall–Kier alpha value is -0.680. The molecule has 102 valence electrons. The normalized spacial score (nSPS) is 11.3. The van der Waals surface area contributed by atoms with Gasteiger partial charge in [-0.15, -0.1) is 12.4 Å². The summed E-state index contributed by atoms with van der Waals surface area (Å²) in [5.74, 6) is 0.140. The molecule has 18 heavy (non-hydrogen) atoms. The molecule has 0 radical (unpaired) electrons. The highest BCUT2D eigenvalue weighted by atomic mass is 35.5. The number of hydrogen-bond acceptors (Lipinski definition) is 3. The summed E-state index contributed by atoms with van der Waals surface area (Å²) in [6.45, 7) is 2.43. The Morgan fingerprint density at radius 3 is 2.78 bits per heavy atom. The lowest BCUT2D eigenvalue weighted by atomic mass is 10.3. The van der Waals surface area contributed by atoms with Crippen LogP contribution in [0, 0.1) is 0 Å². The smallest absolute Gasteiger partial charge is 0.260 e. The van der Waals surface area contributed by atoms with Crippen molar-refractivity contribution in [2.75, 3.05) is 13.1 Å². The van der Waals surface area contributed by atoms with E-state index in [1.165, 1.54) is 0 Å². The van der Waals surface area contributed by atoms with E-state index in [1.807, 2.05) is 0 Å². The molecular formula is C11H15Cl3N2O2. The third-order valence-corrected chi connectivity index (χ3v) is 2.83. The van der Waals surface area contributed by atoms with Crippen LogP contribution in [0.5, 0.6) is 5.75 Å². The van der Waals surface area contributed by atoms with E-state index in [1.54, 1.807) is 25.1 Å². The van der Waals surface area contributed by atoms with Gasteiger partial charge in [-0.3, -0.25) is 4.79 Å².